The third-order valence-electron chi connectivity index (χ3n) is 1.97. The van der Waals surface area contributed by atoms with E-state index in [2.05, 4.69) is 4.74 Å². The van der Waals surface area contributed by atoms with E-state index in [4.69, 9.17) is 10.4 Å². The summed E-state index contributed by atoms with van der Waals surface area (Å²) in [6.07, 6.45) is 0. The van der Waals surface area contributed by atoms with E-state index >= 15 is 0 Å². The molecule has 0 spiro atoms. The fourth-order valence-electron chi connectivity index (χ4n) is 1.18. The van der Waals surface area contributed by atoms with Crippen molar-refractivity contribution in [3.8, 4) is 11.8 Å². The standard InChI is InChI=1S/C10H9NO4/c1-15-10(14)7-3-2-6(4-11)8(5-12)9(7)13/h2-3,12-13H,5H2,1H3. The van der Waals surface area contributed by atoms with Crippen molar-refractivity contribution in [1.82, 2.24) is 0 Å². The fraction of sp³-hybridized carbons (Fsp3) is 0.200. The number of hydrogen-bond acceptors (Lipinski definition) is 5. The lowest BCUT2D eigenvalue weighted by Gasteiger charge is -2.07. The summed E-state index contributed by atoms with van der Waals surface area (Å²) in [5.74, 6) is -1.13. The van der Waals surface area contributed by atoms with Gasteiger partial charge in [0.2, 0.25) is 0 Å². The van der Waals surface area contributed by atoms with Crippen molar-refractivity contribution in [1.29, 1.82) is 5.26 Å². The second kappa shape index (κ2) is 4.44. The van der Waals surface area contributed by atoms with Crippen molar-refractivity contribution < 1.29 is 19.7 Å². The molecule has 0 heterocycles. The minimum Gasteiger partial charge on any atom is -0.507 e. The predicted octanol–water partition coefficient (Wildman–Crippen LogP) is 0.543. The molecule has 0 fully saturated rings. The molecule has 0 amide bonds. The lowest BCUT2D eigenvalue weighted by molar-refractivity contribution is 0.0597. The minimum atomic E-state index is -0.716. The van der Waals surface area contributed by atoms with Gasteiger partial charge in [0.25, 0.3) is 0 Å². The highest BCUT2D eigenvalue weighted by molar-refractivity contribution is 5.93. The first kappa shape index (κ1) is 11.0. The van der Waals surface area contributed by atoms with Crippen LogP contribution < -0.4 is 0 Å². The van der Waals surface area contributed by atoms with Gasteiger partial charge < -0.3 is 14.9 Å². The van der Waals surface area contributed by atoms with Crippen LogP contribution in [0, 0.1) is 11.3 Å². The first-order chi connectivity index (χ1) is 7.15. The Morgan fingerprint density at radius 2 is 2.27 bits per heavy atom. The molecule has 0 radical (unpaired) electrons. The Hall–Kier alpha value is -2.06. The molecule has 1 rings (SSSR count). The number of methoxy groups -OCH3 is 1. The normalized spacial score (nSPS) is 9.40. The van der Waals surface area contributed by atoms with Gasteiger partial charge in [-0.25, -0.2) is 4.79 Å². The van der Waals surface area contributed by atoms with Crippen LogP contribution in [0.2, 0.25) is 0 Å². The summed E-state index contributed by atoms with van der Waals surface area (Å²) in [7, 11) is 1.18. The maximum Gasteiger partial charge on any atom is 0.341 e. The molecule has 0 aliphatic rings. The molecule has 5 heteroatoms. The molecule has 1 aromatic carbocycles. The van der Waals surface area contributed by atoms with E-state index in [1.807, 2.05) is 0 Å². The van der Waals surface area contributed by atoms with Gasteiger partial charge in [0, 0.05) is 5.56 Å². The van der Waals surface area contributed by atoms with E-state index in [-0.39, 0.29) is 16.7 Å². The van der Waals surface area contributed by atoms with E-state index in [1.165, 1.54) is 19.2 Å². The number of carbonyl (C=O) groups excluding carboxylic acids is 1. The number of phenols is 1. The van der Waals surface area contributed by atoms with E-state index in [0.717, 1.165) is 0 Å². The third kappa shape index (κ3) is 1.90. The number of nitriles is 1. The molecule has 0 atom stereocenters. The molecular formula is C10H9NO4. The number of nitrogens with zero attached hydrogens (tertiary/aromatic N) is 1. The van der Waals surface area contributed by atoms with Crippen LogP contribution >= 0.6 is 0 Å². The summed E-state index contributed by atoms with van der Waals surface area (Å²) in [5.41, 5.74) is 0.0867. The van der Waals surface area contributed by atoms with Gasteiger partial charge in [-0.2, -0.15) is 5.26 Å². The Morgan fingerprint density at radius 1 is 1.60 bits per heavy atom. The number of hydrogen-bond donors (Lipinski definition) is 2. The van der Waals surface area contributed by atoms with Crippen LogP contribution in [-0.4, -0.2) is 23.3 Å². The second-order valence-electron chi connectivity index (χ2n) is 2.75. The van der Waals surface area contributed by atoms with Crippen molar-refractivity contribution in [3.63, 3.8) is 0 Å². The van der Waals surface area contributed by atoms with E-state index < -0.39 is 18.3 Å². The van der Waals surface area contributed by atoms with Gasteiger partial charge >= 0.3 is 5.97 Å². The molecular weight excluding hydrogens is 198 g/mol. The Morgan fingerprint density at radius 3 is 2.73 bits per heavy atom. The molecule has 15 heavy (non-hydrogen) atoms. The fourth-order valence-corrected chi connectivity index (χ4v) is 1.18. The first-order valence-corrected chi connectivity index (χ1v) is 4.09. The SMILES string of the molecule is COC(=O)c1ccc(C#N)c(CO)c1O. The number of aromatic hydroxyl groups is 1. The van der Waals surface area contributed by atoms with Crippen LogP contribution in [0.15, 0.2) is 12.1 Å². The van der Waals surface area contributed by atoms with E-state index in [1.54, 1.807) is 6.07 Å². The summed E-state index contributed by atoms with van der Waals surface area (Å²) >= 11 is 0. The van der Waals surface area contributed by atoms with Gasteiger partial charge in [0.05, 0.1) is 25.3 Å². The predicted molar refractivity (Wildman–Crippen MR) is 50.1 cm³/mol. The Bertz CT molecular complexity index is 434. The highest BCUT2D eigenvalue weighted by Gasteiger charge is 2.17. The average molecular weight is 207 g/mol. The highest BCUT2D eigenvalue weighted by Crippen LogP contribution is 2.26. The molecule has 0 aliphatic carbocycles. The number of esters is 1. The molecule has 0 unspecified atom stereocenters. The molecule has 2 N–H and O–H groups in total. The monoisotopic (exact) mass is 207 g/mol. The maximum absolute atomic E-state index is 11.2. The van der Waals surface area contributed by atoms with Gasteiger partial charge in [-0.15, -0.1) is 0 Å². The van der Waals surface area contributed by atoms with Crippen LogP contribution in [-0.2, 0) is 11.3 Å². The van der Waals surface area contributed by atoms with E-state index in [9.17, 15) is 9.90 Å². The summed E-state index contributed by atoms with van der Waals surface area (Å²) < 4.78 is 4.43. The van der Waals surface area contributed by atoms with Crippen LogP contribution in [0.4, 0.5) is 0 Å². The minimum absolute atomic E-state index is 0.0281. The lowest BCUT2D eigenvalue weighted by atomic mass is 10.0. The van der Waals surface area contributed by atoms with Crippen molar-refractivity contribution in [2.24, 2.45) is 0 Å². The molecule has 78 valence electrons. The van der Waals surface area contributed by atoms with Gasteiger partial charge in [0.1, 0.15) is 11.3 Å². The van der Waals surface area contributed by atoms with Crippen LogP contribution in [0.1, 0.15) is 21.5 Å². The zero-order valence-electron chi connectivity index (χ0n) is 8.02. The van der Waals surface area contributed by atoms with Crippen molar-refractivity contribution in [3.05, 3.63) is 28.8 Å². The molecule has 0 aromatic heterocycles. The van der Waals surface area contributed by atoms with Gasteiger partial charge in [0.15, 0.2) is 0 Å². The molecule has 1 aromatic rings. The Balaban J connectivity index is 3.37. The van der Waals surface area contributed by atoms with E-state index in [0.29, 0.717) is 0 Å². The molecule has 0 bridgehead atoms. The quantitative estimate of drug-likeness (QED) is 0.691. The van der Waals surface area contributed by atoms with Crippen molar-refractivity contribution in [2.75, 3.05) is 7.11 Å². The van der Waals surface area contributed by atoms with Crippen molar-refractivity contribution >= 4 is 5.97 Å². The van der Waals surface area contributed by atoms with Gasteiger partial charge in [-0.1, -0.05) is 0 Å². The van der Waals surface area contributed by atoms with Crippen LogP contribution in [0.5, 0.6) is 5.75 Å². The zero-order valence-corrected chi connectivity index (χ0v) is 8.02. The molecule has 0 saturated heterocycles. The lowest BCUT2D eigenvalue weighted by Crippen LogP contribution is -2.04. The summed E-state index contributed by atoms with van der Waals surface area (Å²) in [4.78, 5) is 11.2. The number of rotatable bonds is 2. The average Bonchev–Trinajstić information content (AvgIpc) is 2.27. The smallest absolute Gasteiger partial charge is 0.341 e. The van der Waals surface area contributed by atoms with Crippen LogP contribution in [0.3, 0.4) is 0 Å². The number of ether oxygens (including phenoxy) is 1. The number of benzene rings is 1. The summed E-state index contributed by atoms with van der Waals surface area (Å²) in [5, 5.41) is 27.2. The largest absolute Gasteiger partial charge is 0.507 e. The van der Waals surface area contributed by atoms with Gasteiger partial charge in [-0.3, -0.25) is 0 Å². The van der Waals surface area contributed by atoms with Crippen molar-refractivity contribution in [2.45, 2.75) is 6.61 Å². The molecule has 0 saturated carbocycles. The summed E-state index contributed by atoms with van der Waals surface area (Å²) in [6, 6.07) is 4.42. The van der Waals surface area contributed by atoms with Gasteiger partial charge in [-0.05, 0) is 12.1 Å². The number of carbonyl (C=O) groups is 1. The Labute approximate surface area is 86.1 Å². The maximum atomic E-state index is 11.2. The zero-order chi connectivity index (χ0) is 11.4. The highest BCUT2D eigenvalue weighted by atomic mass is 16.5. The second-order valence-corrected chi connectivity index (χ2v) is 2.75. The first-order valence-electron chi connectivity index (χ1n) is 4.09. The topological polar surface area (TPSA) is 90.6 Å². The third-order valence-corrected chi connectivity index (χ3v) is 1.97. The number of aliphatic hydroxyl groups is 1. The number of aliphatic hydroxyl groups excluding tert-OH is 1. The summed E-state index contributed by atoms with van der Waals surface area (Å²) in [6.45, 7) is -0.514. The molecule has 5 nitrogen and oxygen atoms in total. The molecule has 0 aliphatic heterocycles. The van der Waals surface area contributed by atoms with Crippen LogP contribution in [0.25, 0.3) is 0 Å². The Kier molecular flexibility index (Phi) is 3.26.